The molecule has 0 saturated carbocycles. The molecule has 3 unspecified atom stereocenters. The van der Waals surface area contributed by atoms with Crippen LogP contribution in [0.3, 0.4) is 0 Å². The molecule has 0 aromatic heterocycles. The molecule has 2 aromatic carbocycles. The standard InChI is InChI=1S/C23H30O8S/c1-6-11-30-17-9-7-15(8-10-17)21-18(24)14-23(31-21,32(5,25)26)16-12-19(27-2)22(29-4)20(13-16)28-3/h7-10,12-13,18,21,24H,6,11,14H2,1-5H3. The molecule has 0 radical (unpaired) electrons. The van der Waals surface area contributed by atoms with Crippen LogP contribution < -0.4 is 18.9 Å². The second-order valence-electron chi connectivity index (χ2n) is 7.67. The van der Waals surface area contributed by atoms with Crippen LogP contribution in [0, 0.1) is 0 Å². The SMILES string of the molecule is CCCOc1ccc(C2OC(c3cc(OC)c(OC)c(OC)c3)(S(C)(=O)=O)CC2O)cc1. The number of hydrogen-bond donors (Lipinski definition) is 1. The van der Waals surface area contributed by atoms with Crippen molar-refractivity contribution in [1.82, 2.24) is 0 Å². The van der Waals surface area contributed by atoms with Gasteiger partial charge in [0.25, 0.3) is 0 Å². The van der Waals surface area contributed by atoms with E-state index in [2.05, 4.69) is 0 Å². The quantitative estimate of drug-likeness (QED) is 0.601. The number of methoxy groups -OCH3 is 3. The number of rotatable bonds is 9. The summed E-state index contributed by atoms with van der Waals surface area (Å²) in [5, 5.41) is 10.9. The monoisotopic (exact) mass is 466 g/mol. The van der Waals surface area contributed by atoms with Gasteiger partial charge in [-0.25, -0.2) is 8.42 Å². The lowest BCUT2D eigenvalue weighted by atomic mass is 10.00. The second kappa shape index (κ2) is 9.56. The van der Waals surface area contributed by atoms with E-state index in [1.165, 1.54) is 21.3 Å². The van der Waals surface area contributed by atoms with Crippen molar-refractivity contribution < 1.29 is 37.2 Å². The van der Waals surface area contributed by atoms with Crippen LogP contribution in [0.4, 0.5) is 0 Å². The zero-order chi connectivity index (χ0) is 23.5. The van der Waals surface area contributed by atoms with Gasteiger partial charge in [0.15, 0.2) is 26.3 Å². The molecule has 2 aromatic rings. The van der Waals surface area contributed by atoms with Gasteiger partial charge in [-0.1, -0.05) is 19.1 Å². The molecule has 1 saturated heterocycles. The average molecular weight is 467 g/mol. The largest absolute Gasteiger partial charge is 0.494 e. The van der Waals surface area contributed by atoms with E-state index < -0.39 is 27.0 Å². The molecule has 176 valence electrons. The Labute approximate surface area is 188 Å². The van der Waals surface area contributed by atoms with Crippen molar-refractivity contribution in [2.24, 2.45) is 0 Å². The molecule has 0 aliphatic carbocycles. The molecule has 8 nitrogen and oxygen atoms in total. The molecule has 0 spiro atoms. The summed E-state index contributed by atoms with van der Waals surface area (Å²) in [6.07, 6.45) is -0.0658. The highest BCUT2D eigenvalue weighted by Crippen LogP contribution is 2.52. The first-order valence-corrected chi connectivity index (χ1v) is 12.2. The van der Waals surface area contributed by atoms with Crippen LogP contribution in [0.15, 0.2) is 36.4 Å². The predicted molar refractivity (Wildman–Crippen MR) is 119 cm³/mol. The van der Waals surface area contributed by atoms with Crippen LogP contribution in [0.25, 0.3) is 0 Å². The Hall–Kier alpha value is -2.49. The van der Waals surface area contributed by atoms with Crippen molar-refractivity contribution in [2.75, 3.05) is 34.2 Å². The summed E-state index contributed by atoms with van der Waals surface area (Å²) in [5.41, 5.74) is 0.943. The van der Waals surface area contributed by atoms with Gasteiger partial charge in [-0.15, -0.1) is 0 Å². The third-order valence-corrected chi connectivity index (χ3v) is 7.23. The van der Waals surface area contributed by atoms with Crippen LogP contribution in [0.1, 0.15) is 37.0 Å². The van der Waals surface area contributed by atoms with Gasteiger partial charge in [-0.05, 0) is 36.2 Å². The van der Waals surface area contributed by atoms with E-state index in [1.807, 2.05) is 6.92 Å². The van der Waals surface area contributed by atoms with E-state index in [0.29, 0.717) is 40.7 Å². The van der Waals surface area contributed by atoms with Crippen LogP contribution in [0.5, 0.6) is 23.0 Å². The summed E-state index contributed by atoms with van der Waals surface area (Å²) in [4.78, 5) is -1.79. The van der Waals surface area contributed by atoms with Gasteiger partial charge >= 0.3 is 0 Å². The average Bonchev–Trinajstić information content (AvgIpc) is 3.15. The highest BCUT2D eigenvalue weighted by molar-refractivity contribution is 7.91. The Morgan fingerprint density at radius 1 is 1.06 bits per heavy atom. The minimum atomic E-state index is -3.84. The van der Waals surface area contributed by atoms with Crippen LogP contribution in [0.2, 0.25) is 0 Å². The lowest BCUT2D eigenvalue weighted by molar-refractivity contribution is -0.0127. The fraction of sp³-hybridized carbons (Fsp3) is 0.478. The van der Waals surface area contributed by atoms with Crippen molar-refractivity contribution in [1.29, 1.82) is 0 Å². The minimum absolute atomic E-state index is 0.150. The van der Waals surface area contributed by atoms with Crippen LogP contribution in [-0.2, 0) is 19.5 Å². The summed E-state index contributed by atoms with van der Waals surface area (Å²) in [6, 6.07) is 10.2. The summed E-state index contributed by atoms with van der Waals surface area (Å²) in [7, 11) is 0.521. The number of aliphatic hydroxyl groups is 1. The highest BCUT2D eigenvalue weighted by atomic mass is 32.2. The number of benzene rings is 2. The smallest absolute Gasteiger partial charge is 0.203 e. The first kappa shape index (κ1) is 24.2. The summed E-state index contributed by atoms with van der Waals surface area (Å²) in [5.74, 6) is 1.62. The maximum Gasteiger partial charge on any atom is 0.203 e. The Kier molecular flexibility index (Phi) is 7.22. The van der Waals surface area contributed by atoms with Gasteiger partial charge < -0.3 is 28.8 Å². The van der Waals surface area contributed by atoms with Crippen LogP contribution >= 0.6 is 0 Å². The molecule has 9 heteroatoms. The molecule has 0 amide bonds. The van der Waals surface area contributed by atoms with E-state index in [4.69, 9.17) is 23.7 Å². The van der Waals surface area contributed by atoms with Gasteiger partial charge in [-0.2, -0.15) is 0 Å². The third-order valence-electron chi connectivity index (χ3n) is 5.53. The Morgan fingerprint density at radius 2 is 1.66 bits per heavy atom. The maximum absolute atomic E-state index is 13.0. The lowest BCUT2D eigenvalue weighted by Gasteiger charge is -2.29. The van der Waals surface area contributed by atoms with Gasteiger partial charge in [0.1, 0.15) is 11.9 Å². The van der Waals surface area contributed by atoms with Gasteiger partial charge in [0, 0.05) is 18.2 Å². The molecule has 32 heavy (non-hydrogen) atoms. The van der Waals surface area contributed by atoms with E-state index in [1.54, 1.807) is 36.4 Å². The van der Waals surface area contributed by atoms with E-state index in [-0.39, 0.29) is 6.42 Å². The molecule has 1 heterocycles. The molecular weight excluding hydrogens is 436 g/mol. The molecule has 1 fully saturated rings. The van der Waals surface area contributed by atoms with Gasteiger partial charge in [0.2, 0.25) is 5.75 Å². The summed E-state index contributed by atoms with van der Waals surface area (Å²) in [6.45, 7) is 2.62. The third kappa shape index (κ3) is 4.37. The second-order valence-corrected chi connectivity index (χ2v) is 9.87. The fourth-order valence-corrected chi connectivity index (χ4v) is 5.22. The number of ether oxygens (including phenoxy) is 5. The van der Waals surface area contributed by atoms with Gasteiger partial charge in [0.05, 0.1) is 34.0 Å². The maximum atomic E-state index is 13.0. The fourth-order valence-electron chi connectivity index (χ4n) is 3.92. The number of hydrogen-bond acceptors (Lipinski definition) is 8. The molecule has 1 aliphatic rings. The molecule has 1 aliphatic heterocycles. The zero-order valence-electron chi connectivity index (χ0n) is 19.0. The van der Waals surface area contributed by atoms with Gasteiger partial charge in [-0.3, -0.25) is 0 Å². The first-order valence-electron chi connectivity index (χ1n) is 10.3. The summed E-state index contributed by atoms with van der Waals surface area (Å²) >= 11 is 0. The predicted octanol–water partition coefficient (Wildman–Crippen LogP) is 3.22. The zero-order valence-corrected chi connectivity index (χ0v) is 19.8. The normalized spacial score (nSPS) is 23.1. The lowest BCUT2D eigenvalue weighted by Crippen LogP contribution is -2.35. The molecular formula is C23H30O8S. The molecule has 3 atom stereocenters. The first-order chi connectivity index (χ1) is 15.2. The Morgan fingerprint density at radius 3 is 2.12 bits per heavy atom. The van der Waals surface area contributed by atoms with E-state index in [0.717, 1.165) is 12.7 Å². The Bertz CT molecular complexity index is 1010. The highest BCUT2D eigenvalue weighted by Gasteiger charge is 2.55. The Balaban J connectivity index is 2.05. The van der Waals surface area contributed by atoms with Crippen molar-refractivity contribution in [3.8, 4) is 23.0 Å². The van der Waals surface area contributed by atoms with Crippen molar-refractivity contribution in [3.63, 3.8) is 0 Å². The summed E-state index contributed by atoms with van der Waals surface area (Å²) < 4.78 is 54.0. The van der Waals surface area contributed by atoms with Crippen molar-refractivity contribution in [3.05, 3.63) is 47.5 Å². The topological polar surface area (TPSA) is 101 Å². The number of aliphatic hydroxyl groups excluding tert-OH is 1. The van der Waals surface area contributed by atoms with Crippen molar-refractivity contribution in [2.45, 2.75) is 36.9 Å². The van der Waals surface area contributed by atoms with Crippen molar-refractivity contribution >= 4 is 9.84 Å². The number of sulfone groups is 1. The molecule has 0 bridgehead atoms. The minimum Gasteiger partial charge on any atom is -0.494 e. The molecule has 1 N–H and O–H groups in total. The molecule has 3 rings (SSSR count). The van der Waals surface area contributed by atoms with E-state index in [9.17, 15) is 13.5 Å². The van der Waals surface area contributed by atoms with Crippen LogP contribution in [-0.4, -0.2) is 53.8 Å². The van der Waals surface area contributed by atoms with E-state index >= 15 is 0 Å².